The summed E-state index contributed by atoms with van der Waals surface area (Å²) >= 11 is 12.0. The molecule has 2 nitrogen and oxygen atoms in total. The summed E-state index contributed by atoms with van der Waals surface area (Å²) in [6, 6.07) is 13.0. The van der Waals surface area contributed by atoms with Crippen molar-refractivity contribution < 1.29 is 5.11 Å². The number of aromatic hydroxyl groups is 1. The Morgan fingerprint density at radius 1 is 1.00 bits per heavy atom. The molecule has 2 aromatic rings. The van der Waals surface area contributed by atoms with Gasteiger partial charge in [-0.3, -0.25) is 4.90 Å². The zero-order valence-electron chi connectivity index (χ0n) is 11.3. The number of phenolic OH excluding ortho intramolecular Hbond substituents is 1. The van der Waals surface area contributed by atoms with Crippen molar-refractivity contribution in [3.8, 4) is 5.75 Å². The lowest BCUT2D eigenvalue weighted by molar-refractivity contribution is 0.271. The Balaban J connectivity index is 2.07. The molecule has 1 N–H and O–H groups in total. The fraction of sp³-hybridized carbons (Fsp3) is 0.250. The Labute approximate surface area is 129 Å². The maximum absolute atomic E-state index is 9.38. The largest absolute Gasteiger partial charge is 0.508 e. The Bertz CT molecular complexity index is 569. The van der Waals surface area contributed by atoms with E-state index in [4.69, 9.17) is 23.2 Å². The first-order valence-electron chi connectivity index (χ1n) is 6.52. The zero-order chi connectivity index (χ0) is 14.5. The van der Waals surface area contributed by atoms with Crippen molar-refractivity contribution in [1.82, 2.24) is 4.90 Å². The van der Waals surface area contributed by atoms with Gasteiger partial charge in [0, 0.05) is 23.1 Å². The molecular formula is C16H17Cl2NO. The minimum absolute atomic E-state index is 0.194. The quantitative estimate of drug-likeness (QED) is 0.863. The number of halogens is 2. The third kappa shape index (κ3) is 4.14. The fourth-order valence-electron chi connectivity index (χ4n) is 2.03. The molecule has 0 radical (unpaired) electrons. The van der Waals surface area contributed by atoms with Crippen LogP contribution in [0.15, 0.2) is 42.5 Å². The number of hydrogen-bond donors (Lipinski definition) is 1. The van der Waals surface area contributed by atoms with Gasteiger partial charge in [0.15, 0.2) is 0 Å². The Hall–Kier alpha value is -1.22. The molecule has 20 heavy (non-hydrogen) atoms. The summed E-state index contributed by atoms with van der Waals surface area (Å²) in [6.45, 7) is 4.62. The monoisotopic (exact) mass is 309 g/mol. The van der Waals surface area contributed by atoms with Crippen molar-refractivity contribution in [2.75, 3.05) is 6.54 Å². The van der Waals surface area contributed by atoms with Crippen LogP contribution in [0.5, 0.6) is 5.75 Å². The van der Waals surface area contributed by atoms with Gasteiger partial charge in [-0.05, 0) is 41.9 Å². The lowest BCUT2D eigenvalue weighted by atomic mass is 10.1. The van der Waals surface area contributed by atoms with Crippen LogP contribution in [0, 0.1) is 0 Å². The van der Waals surface area contributed by atoms with Gasteiger partial charge in [-0.2, -0.15) is 0 Å². The minimum Gasteiger partial charge on any atom is -0.508 e. The summed E-state index contributed by atoms with van der Waals surface area (Å²) in [5.74, 6) is 0.194. The van der Waals surface area contributed by atoms with Crippen LogP contribution in [0.4, 0.5) is 0 Å². The van der Waals surface area contributed by atoms with Crippen molar-refractivity contribution in [1.29, 1.82) is 0 Å². The van der Waals surface area contributed by atoms with E-state index in [0.29, 0.717) is 5.02 Å². The van der Waals surface area contributed by atoms with Crippen LogP contribution in [0.25, 0.3) is 0 Å². The van der Waals surface area contributed by atoms with Gasteiger partial charge in [-0.15, -0.1) is 0 Å². The first kappa shape index (κ1) is 15.2. The molecule has 0 atom stereocenters. The van der Waals surface area contributed by atoms with E-state index in [1.54, 1.807) is 12.1 Å². The average Bonchev–Trinajstić information content (AvgIpc) is 2.43. The average molecular weight is 310 g/mol. The Morgan fingerprint density at radius 3 is 2.30 bits per heavy atom. The van der Waals surface area contributed by atoms with Gasteiger partial charge in [-0.25, -0.2) is 0 Å². The highest BCUT2D eigenvalue weighted by atomic mass is 35.5. The fourth-order valence-corrected chi connectivity index (χ4v) is 2.39. The molecule has 0 saturated heterocycles. The molecule has 0 amide bonds. The van der Waals surface area contributed by atoms with E-state index < -0.39 is 0 Å². The van der Waals surface area contributed by atoms with Gasteiger partial charge < -0.3 is 5.11 Å². The molecular weight excluding hydrogens is 293 g/mol. The standard InChI is InChI=1S/C16H17Cl2NO/c1-2-19(10-12-3-6-14(17)7-4-12)11-13-5-8-15(20)9-16(13)18/h3-9,20H,2,10-11H2,1H3. The molecule has 0 aliphatic heterocycles. The summed E-state index contributed by atoms with van der Waals surface area (Å²) in [5.41, 5.74) is 2.23. The molecule has 0 unspecified atom stereocenters. The number of benzene rings is 2. The molecule has 0 aliphatic rings. The van der Waals surface area contributed by atoms with Crippen molar-refractivity contribution >= 4 is 23.2 Å². The summed E-state index contributed by atoms with van der Waals surface area (Å²) in [5, 5.41) is 10.7. The maximum atomic E-state index is 9.38. The molecule has 2 aromatic carbocycles. The highest BCUT2D eigenvalue weighted by Crippen LogP contribution is 2.23. The molecule has 0 spiro atoms. The molecule has 4 heteroatoms. The predicted molar refractivity (Wildman–Crippen MR) is 84.4 cm³/mol. The van der Waals surface area contributed by atoms with Crippen molar-refractivity contribution in [2.45, 2.75) is 20.0 Å². The highest BCUT2D eigenvalue weighted by molar-refractivity contribution is 6.31. The minimum atomic E-state index is 0.194. The van der Waals surface area contributed by atoms with Crippen LogP contribution < -0.4 is 0 Å². The lowest BCUT2D eigenvalue weighted by Crippen LogP contribution is -2.22. The van der Waals surface area contributed by atoms with E-state index in [9.17, 15) is 5.11 Å². The zero-order valence-corrected chi connectivity index (χ0v) is 12.8. The maximum Gasteiger partial charge on any atom is 0.117 e. The second kappa shape index (κ2) is 6.98. The van der Waals surface area contributed by atoms with E-state index in [1.807, 2.05) is 30.3 Å². The molecule has 0 aromatic heterocycles. The van der Waals surface area contributed by atoms with Gasteiger partial charge in [0.2, 0.25) is 0 Å². The third-order valence-electron chi connectivity index (χ3n) is 3.20. The summed E-state index contributed by atoms with van der Waals surface area (Å²) in [6.07, 6.45) is 0. The van der Waals surface area contributed by atoms with Crippen LogP contribution in [0.2, 0.25) is 10.0 Å². The molecule has 106 valence electrons. The number of hydrogen-bond acceptors (Lipinski definition) is 2. The van der Waals surface area contributed by atoms with Gasteiger partial charge in [0.05, 0.1) is 0 Å². The predicted octanol–water partition coefficient (Wildman–Crippen LogP) is 4.72. The second-order valence-electron chi connectivity index (χ2n) is 4.71. The van der Waals surface area contributed by atoms with Crippen molar-refractivity contribution in [2.24, 2.45) is 0 Å². The SMILES string of the molecule is CCN(Cc1ccc(Cl)cc1)Cc1ccc(O)cc1Cl. The summed E-state index contributed by atoms with van der Waals surface area (Å²) in [4.78, 5) is 2.28. The third-order valence-corrected chi connectivity index (χ3v) is 3.80. The number of rotatable bonds is 5. The van der Waals surface area contributed by atoms with E-state index in [1.165, 1.54) is 5.56 Å². The van der Waals surface area contributed by atoms with Crippen molar-refractivity contribution in [3.05, 3.63) is 63.6 Å². The van der Waals surface area contributed by atoms with E-state index in [0.717, 1.165) is 30.2 Å². The second-order valence-corrected chi connectivity index (χ2v) is 5.55. The van der Waals surface area contributed by atoms with Gasteiger partial charge >= 0.3 is 0 Å². The first-order chi connectivity index (χ1) is 9.58. The van der Waals surface area contributed by atoms with Crippen LogP contribution in [0.1, 0.15) is 18.1 Å². The Kier molecular flexibility index (Phi) is 5.30. The van der Waals surface area contributed by atoms with Crippen LogP contribution in [-0.2, 0) is 13.1 Å². The number of nitrogens with zero attached hydrogens (tertiary/aromatic N) is 1. The lowest BCUT2D eigenvalue weighted by Gasteiger charge is -2.21. The molecule has 0 heterocycles. The van der Waals surface area contributed by atoms with E-state index in [2.05, 4.69) is 11.8 Å². The Morgan fingerprint density at radius 2 is 1.70 bits per heavy atom. The highest BCUT2D eigenvalue weighted by Gasteiger charge is 2.08. The molecule has 0 bridgehead atoms. The molecule has 0 aliphatic carbocycles. The van der Waals surface area contributed by atoms with Gasteiger partial charge in [0.1, 0.15) is 5.75 Å². The topological polar surface area (TPSA) is 23.5 Å². The van der Waals surface area contributed by atoms with Crippen LogP contribution >= 0.6 is 23.2 Å². The molecule has 0 fully saturated rings. The van der Waals surface area contributed by atoms with Gasteiger partial charge in [-0.1, -0.05) is 48.3 Å². The van der Waals surface area contributed by atoms with Crippen LogP contribution in [-0.4, -0.2) is 16.6 Å². The normalized spacial score (nSPS) is 11.0. The molecule has 2 rings (SSSR count). The summed E-state index contributed by atoms with van der Waals surface area (Å²) < 4.78 is 0. The van der Waals surface area contributed by atoms with E-state index in [-0.39, 0.29) is 5.75 Å². The first-order valence-corrected chi connectivity index (χ1v) is 7.28. The van der Waals surface area contributed by atoms with Crippen LogP contribution in [0.3, 0.4) is 0 Å². The summed E-state index contributed by atoms with van der Waals surface area (Å²) in [7, 11) is 0. The van der Waals surface area contributed by atoms with E-state index >= 15 is 0 Å². The van der Waals surface area contributed by atoms with Gasteiger partial charge in [0.25, 0.3) is 0 Å². The molecule has 0 saturated carbocycles. The number of phenols is 1. The smallest absolute Gasteiger partial charge is 0.117 e. The van der Waals surface area contributed by atoms with Crippen molar-refractivity contribution in [3.63, 3.8) is 0 Å².